The molecule has 1 heterocycles. The highest BCUT2D eigenvalue weighted by Gasteiger charge is 2.39. The summed E-state index contributed by atoms with van der Waals surface area (Å²) in [5, 5.41) is 13.7. The van der Waals surface area contributed by atoms with Gasteiger partial charge in [-0.25, -0.2) is 0 Å². The third-order valence-corrected chi connectivity index (χ3v) is 16.2. The fraction of sp³-hybridized carbons (Fsp3) is 0.115. The largest absolute Gasteiger partial charge is 0.113 e. The Hall–Kier alpha value is -5.76. The van der Waals surface area contributed by atoms with Gasteiger partial charge in [0, 0.05) is 0 Å². The van der Waals surface area contributed by atoms with Crippen LogP contribution in [0.15, 0.2) is 169 Å². The molecule has 252 valence electrons. The molecule has 0 bridgehead atoms. The average Bonchev–Trinajstić information content (AvgIpc) is 3.43. The van der Waals surface area contributed by atoms with Gasteiger partial charge in [0.05, 0.1) is 0 Å². The Morgan fingerprint density at radius 3 is 2.06 bits per heavy atom. The smallest absolute Gasteiger partial charge is 0.0842 e. The van der Waals surface area contributed by atoms with E-state index in [4.69, 9.17) is 0 Å². The normalized spacial score (nSPS) is 17.1. The van der Waals surface area contributed by atoms with Crippen LogP contribution in [0, 0.1) is 5.92 Å². The molecule has 0 nitrogen and oxygen atoms in total. The Morgan fingerprint density at radius 1 is 0.491 bits per heavy atom. The van der Waals surface area contributed by atoms with Crippen molar-refractivity contribution in [2.24, 2.45) is 5.92 Å². The van der Waals surface area contributed by atoms with Gasteiger partial charge in [0.2, 0.25) is 0 Å². The maximum Gasteiger partial charge on any atom is 0.113 e. The van der Waals surface area contributed by atoms with Gasteiger partial charge in [0.15, 0.2) is 0 Å². The number of hydrogen-bond donors (Lipinski definition) is 0. The van der Waals surface area contributed by atoms with Crippen LogP contribution in [0.2, 0.25) is 13.1 Å². The molecular formula is C52H40Si. The Morgan fingerprint density at radius 2 is 1.19 bits per heavy atom. The van der Waals surface area contributed by atoms with Crippen LogP contribution in [0.4, 0.5) is 0 Å². The Balaban J connectivity index is 1.20. The van der Waals surface area contributed by atoms with Crippen molar-refractivity contribution in [3.63, 3.8) is 0 Å². The van der Waals surface area contributed by atoms with E-state index in [0.717, 1.165) is 6.42 Å². The predicted molar refractivity (Wildman–Crippen MR) is 232 cm³/mol. The van der Waals surface area contributed by atoms with Gasteiger partial charge in [-0.2, -0.15) is 0 Å². The minimum Gasteiger partial charge on any atom is -0.0842 e. The summed E-state index contributed by atoms with van der Waals surface area (Å²) in [4.78, 5) is 0. The minimum atomic E-state index is -2.08. The Bertz CT molecular complexity index is 2950. The van der Waals surface area contributed by atoms with Crippen LogP contribution in [0.3, 0.4) is 0 Å². The lowest BCUT2D eigenvalue weighted by atomic mass is 9.76. The van der Waals surface area contributed by atoms with Crippen molar-refractivity contribution in [2.45, 2.75) is 32.4 Å². The molecule has 53 heavy (non-hydrogen) atoms. The molecule has 0 radical (unpaired) electrons. The highest BCUT2D eigenvalue weighted by atomic mass is 28.3. The SMILES string of the molecule is C[Si]1(C)c2cc(-c3cccc4ccccc34)ccc2-c2cc3c(C4=CC=C5C=CCCC5C4)c4ccccc4c(-c4ccc5ccccc5c4)c3cc21. The first-order chi connectivity index (χ1) is 26.0. The maximum atomic E-state index is 2.64. The van der Waals surface area contributed by atoms with Gasteiger partial charge >= 0.3 is 0 Å². The molecule has 11 rings (SSSR count). The lowest BCUT2D eigenvalue weighted by Crippen LogP contribution is -2.49. The van der Waals surface area contributed by atoms with Crippen LogP contribution < -0.4 is 10.4 Å². The molecular weight excluding hydrogens is 653 g/mol. The molecule has 0 saturated carbocycles. The summed E-state index contributed by atoms with van der Waals surface area (Å²) in [6.07, 6.45) is 13.0. The van der Waals surface area contributed by atoms with Crippen LogP contribution in [0.25, 0.3) is 82.0 Å². The van der Waals surface area contributed by atoms with E-state index < -0.39 is 8.07 Å². The Labute approximate surface area is 312 Å². The van der Waals surface area contributed by atoms with Crippen molar-refractivity contribution in [1.82, 2.24) is 0 Å². The molecule has 1 atom stereocenters. The van der Waals surface area contributed by atoms with Crippen LogP contribution in [-0.4, -0.2) is 8.07 Å². The fourth-order valence-electron chi connectivity index (χ4n) is 10.00. The predicted octanol–water partition coefficient (Wildman–Crippen LogP) is 13.1. The summed E-state index contributed by atoms with van der Waals surface area (Å²) in [6, 6.07) is 53.2. The highest BCUT2D eigenvalue weighted by molar-refractivity contribution is 7.04. The topological polar surface area (TPSA) is 0 Å². The van der Waals surface area contributed by atoms with Crippen LogP contribution in [0.5, 0.6) is 0 Å². The lowest BCUT2D eigenvalue weighted by molar-refractivity contribution is 0.573. The molecule has 0 N–H and O–H groups in total. The second kappa shape index (κ2) is 11.6. The molecule has 8 aromatic rings. The molecule has 0 saturated heterocycles. The van der Waals surface area contributed by atoms with Crippen molar-refractivity contribution in [2.75, 3.05) is 0 Å². The quantitative estimate of drug-likeness (QED) is 0.128. The summed E-state index contributed by atoms with van der Waals surface area (Å²) in [5.41, 5.74) is 12.5. The summed E-state index contributed by atoms with van der Waals surface area (Å²) in [5.74, 6) is 0.586. The first-order valence-electron chi connectivity index (χ1n) is 19.3. The summed E-state index contributed by atoms with van der Waals surface area (Å²) >= 11 is 0. The monoisotopic (exact) mass is 692 g/mol. The minimum absolute atomic E-state index is 0.586. The molecule has 1 unspecified atom stereocenters. The van der Waals surface area contributed by atoms with E-state index in [1.54, 1.807) is 10.4 Å². The number of hydrogen-bond acceptors (Lipinski definition) is 0. The first kappa shape index (κ1) is 30.8. The van der Waals surface area contributed by atoms with Gasteiger partial charge in [-0.15, -0.1) is 0 Å². The zero-order chi connectivity index (χ0) is 35.3. The van der Waals surface area contributed by atoms with Gasteiger partial charge in [0.1, 0.15) is 8.07 Å². The molecule has 0 aromatic heterocycles. The van der Waals surface area contributed by atoms with Crippen LogP contribution in [-0.2, 0) is 0 Å². The van der Waals surface area contributed by atoms with E-state index in [1.165, 1.54) is 106 Å². The zero-order valence-electron chi connectivity index (χ0n) is 30.3. The number of allylic oxidation sites excluding steroid dienone is 6. The molecule has 2 aliphatic carbocycles. The van der Waals surface area contributed by atoms with Crippen LogP contribution >= 0.6 is 0 Å². The van der Waals surface area contributed by atoms with Crippen molar-refractivity contribution >= 4 is 67.1 Å². The second-order valence-electron chi connectivity index (χ2n) is 16.0. The second-order valence-corrected chi connectivity index (χ2v) is 20.3. The van der Waals surface area contributed by atoms with E-state index in [2.05, 4.69) is 177 Å². The van der Waals surface area contributed by atoms with Gasteiger partial charge in [-0.3, -0.25) is 0 Å². The van der Waals surface area contributed by atoms with E-state index in [9.17, 15) is 0 Å². The summed E-state index contributed by atoms with van der Waals surface area (Å²) in [6.45, 7) is 5.14. The van der Waals surface area contributed by atoms with Gasteiger partial charge in [-0.1, -0.05) is 165 Å². The third-order valence-electron chi connectivity index (χ3n) is 12.7. The molecule has 0 amide bonds. The van der Waals surface area contributed by atoms with E-state index in [-0.39, 0.29) is 0 Å². The number of fused-ring (bicyclic) bond motifs is 8. The molecule has 8 aromatic carbocycles. The maximum absolute atomic E-state index is 2.64. The van der Waals surface area contributed by atoms with Crippen molar-refractivity contribution < 1.29 is 0 Å². The Kier molecular flexibility index (Phi) is 6.76. The fourth-order valence-corrected chi connectivity index (χ4v) is 13.1. The number of rotatable bonds is 3. The van der Waals surface area contributed by atoms with Gasteiger partial charge in [0.25, 0.3) is 0 Å². The zero-order valence-corrected chi connectivity index (χ0v) is 31.3. The highest BCUT2D eigenvalue weighted by Crippen LogP contribution is 2.48. The molecule has 3 aliphatic rings. The third kappa shape index (κ3) is 4.67. The van der Waals surface area contributed by atoms with Crippen molar-refractivity contribution in [3.05, 3.63) is 175 Å². The van der Waals surface area contributed by atoms with Gasteiger partial charge in [-0.05, 0) is 141 Å². The van der Waals surface area contributed by atoms with Gasteiger partial charge < -0.3 is 0 Å². The summed E-state index contributed by atoms with van der Waals surface area (Å²) in [7, 11) is -2.08. The van der Waals surface area contributed by atoms with Crippen molar-refractivity contribution in [3.8, 4) is 33.4 Å². The molecule has 1 heteroatoms. The van der Waals surface area contributed by atoms with Crippen LogP contribution in [0.1, 0.15) is 24.8 Å². The standard InChI is InChI=1S/C52H40Si/c1-53(2)49-30-38(42-21-11-17-35-14-7-8-18-41(35)42)26-27-43(49)46-31-47-48(32-50(46)53)52(40-25-23-34-13-4-6-16-37(34)29-40)45-20-10-9-19-44(45)51(47)39-24-22-33-12-3-5-15-36(33)28-39/h3-4,6-14,16-27,29-32,36H,5,15,28H2,1-2H3. The van der Waals surface area contributed by atoms with E-state index in [1.807, 2.05) is 0 Å². The average molecular weight is 693 g/mol. The van der Waals surface area contributed by atoms with E-state index >= 15 is 0 Å². The molecule has 0 spiro atoms. The summed E-state index contributed by atoms with van der Waals surface area (Å²) < 4.78 is 0. The van der Waals surface area contributed by atoms with E-state index in [0.29, 0.717) is 5.92 Å². The van der Waals surface area contributed by atoms with Crippen molar-refractivity contribution in [1.29, 1.82) is 0 Å². The lowest BCUT2D eigenvalue weighted by Gasteiger charge is -2.28. The molecule has 1 aliphatic heterocycles. The molecule has 0 fully saturated rings. The first-order valence-corrected chi connectivity index (χ1v) is 22.3. The number of benzene rings is 8.